The number of benzene rings is 2. The molecule has 210 valence electrons. The Balaban J connectivity index is 0.00000507. The van der Waals surface area contributed by atoms with Crippen LogP contribution in [0.4, 0.5) is 0 Å². The lowest BCUT2D eigenvalue weighted by Crippen LogP contribution is -3.00. The summed E-state index contributed by atoms with van der Waals surface area (Å²) in [6, 6.07) is 14.1. The molecule has 38 heavy (non-hydrogen) atoms. The summed E-state index contributed by atoms with van der Waals surface area (Å²) in [6.07, 6.45) is 16.4. The number of para-hydroxylation sites is 2. The van der Waals surface area contributed by atoms with Gasteiger partial charge in [-0.1, -0.05) is 91.8 Å². The third kappa shape index (κ3) is 6.56. The fraction of sp³-hybridized carbons (Fsp3) is 0.571. The van der Waals surface area contributed by atoms with Crippen LogP contribution in [0.2, 0.25) is 0 Å². The Labute approximate surface area is 240 Å². The van der Waals surface area contributed by atoms with E-state index in [9.17, 15) is 0 Å². The molecule has 3 aromatic rings. The van der Waals surface area contributed by atoms with Crippen molar-refractivity contribution in [2.45, 2.75) is 130 Å². The molecule has 0 saturated heterocycles. The summed E-state index contributed by atoms with van der Waals surface area (Å²) in [5, 5.41) is 0. The zero-order valence-corrected chi connectivity index (χ0v) is 26.2. The lowest BCUT2D eigenvalue weighted by atomic mass is 9.85. The van der Waals surface area contributed by atoms with Crippen LogP contribution >= 0.6 is 0 Å². The van der Waals surface area contributed by atoms with Gasteiger partial charge in [0.15, 0.2) is 0 Å². The minimum Gasteiger partial charge on any atom is -1.00 e. The molecule has 2 aromatic carbocycles. The number of hydrogen-bond acceptors (Lipinski definition) is 0. The maximum atomic E-state index is 2.45. The molecule has 0 atom stereocenters. The summed E-state index contributed by atoms with van der Waals surface area (Å²) in [7, 11) is 0. The van der Waals surface area contributed by atoms with Gasteiger partial charge in [0, 0.05) is 22.3 Å². The number of rotatable bonds is 14. The molecule has 0 aliphatic heterocycles. The molecule has 0 aliphatic carbocycles. The normalized spacial score (nSPS) is 11.7. The molecule has 0 N–H and O–H groups in total. The Kier molecular flexibility index (Phi) is 13.1. The van der Waals surface area contributed by atoms with Gasteiger partial charge in [0.05, 0.1) is 0 Å². The topological polar surface area (TPSA) is 8.81 Å². The second kappa shape index (κ2) is 15.5. The van der Waals surface area contributed by atoms with Gasteiger partial charge in [-0.05, 0) is 75.0 Å². The van der Waals surface area contributed by atoms with E-state index in [1.807, 2.05) is 0 Å². The van der Waals surface area contributed by atoms with Crippen LogP contribution in [0.15, 0.2) is 55.1 Å². The summed E-state index contributed by atoms with van der Waals surface area (Å²) in [5.74, 6) is 2.32. The largest absolute Gasteiger partial charge is 1.00 e. The smallest absolute Gasteiger partial charge is 0.254 e. The summed E-state index contributed by atoms with van der Waals surface area (Å²) < 4.78 is 4.89. The summed E-state index contributed by atoms with van der Waals surface area (Å²) in [6.45, 7) is 18.7. The van der Waals surface area contributed by atoms with Gasteiger partial charge < -0.3 is 12.4 Å². The first-order valence-electron chi connectivity index (χ1n) is 15.4. The van der Waals surface area contributed by atoms with Crippen molar-refractivity contribution in [1.29, 1.82) is 0 Å². The number of halogens is 1. The zero-order chi connectivity index (χ0) is 26.9. The van der Waals surface area contributed by atoms with Crippen molar-refractivity contribution in [3.63, 3.8) is 0 Å². The molecule has 0 radical (unpaired) electrons. The van der Waals surface area contributed by atoms with Crippen molar-refractivity contribution in [2.24, 2.45) is 0 Å². The fourth-order valence-electron chi connectivity index (χ4n) is 6.61. The highest BCUT2D eigenvalue weighted by Crippen LogP contribution is 2.37. The Morgan fingerprint density at radius 2 is 0.895 bits per heavy atom. The van der Waals surface area contributed by atoms with Gasteiger partial charge in [-0.2, -0.15) is 0 Å². The molecule has 1 heterocycles. The number of hydrogen-bond donors (Lipinski definition) is 0. The maximum Gasteiger partial charge on any atom is 0.254 e. The van der Waals surface area contributed by atoms with E-state index in [2.05, 4.69) is 120 Å². The lowest BCUT2D eigenvalue weighted by Gasteiger charge is -2.22. The van der Waals surface area contributed by atoms with Gasteiger partial charge in [-0.3, -0.25) is 0 Å². The van der Waals surface area contributed by atoms with Crippen LogP contribution in [-0.4, -0.2) is 4.57 Å². The quantitative estimate of drug-likeness (QED) is 0.190. The van der Waals surface area contributed by atoms with Crippen molar-refractivity contribution in [1.82, 2.24) is 4.57 Å². The Bertz CT molecular complexity index is 952. The molecule has 0 saturated carbocycles. The third-order valence-electron chi connectivity index (χ3n) is 9.05. The van der Waals surface area contributed by atoms with E-state index in [0.29, 0.717) is 23.7 Å². The van der Waals surface area contributed by atoms with Crippen LogP contribution in [0.25, 0.3) is 11.4 Å². The predicted molar refractivity (Wildman–Crippen MR) is 161 cm³/mol. The molecule has 0 amide bonds. The number of aromatic nitrogens is 2. The van der Waals surface area contributed by atoms with Crippen molar-refractivity contribution < 1.29 is 17.0 Å². The van der Waals surface area contributed by atoms with Crippen LogP contribution in [0.3, 0.4) is 0 Å². The minimum absolute atomic E-state index is 0. The molecule has 3 heteroatoms. The number of imidazole rings is 1. The molecule has 2 nitrogen and oxygen atoms in total. The van der Waals surface area contributed by atoms with Crippen LogP contribution in [-0.2, 0) is 0 Å². The summed E-state index contributed by atoms with van der Waals surface area (Å²) in [4.78, 5) is 0. The highest BCUT2D eigenvalue weighted by atomic mass is 35.5. The first kappa shape index (κ1) is 32.2. The van der Waals surface area contributed by atoms with Crippen LogP contribution < -0.4 is 17.0 Å². The molecule has 1 aromatic heterocycles. The summed E-state index contributed by atoms with van der Waals surface area (Å²) in [5.41, 5.74) is 8.87. The predicted octanol–water partition coefficient (Wildman–Crippen LogP) is 7.37. The number of nitrogens with zero attached hydrogens (tertiary/aromatic N) is 2. The Morgan fingerprint density at radius 1 is 0.553 bits per heavy atom. The average Bonchev–Trinajstić information content (AvgIpc) is 3.41. The summed E-state index contributed by atoms with van der Waals surface area (Å²) >= 11 is 0. The molecular formula is C35H53ClN2. The van der Waals surface area contributed by atoms with Gasteiger partial charge in [0.2, 0.25) is 0 Å². The standard InChI is InChI=1S/C35H53N2.ClH/c1-9-26(10-2)30-19-17-20-31(27(11-3)12-4)34(30)36-23-24-37(25-36)35-32(28(13-5)14-6)21-18-22-33(35)29(15-7)16-8;/h17-29H,9-16H2,1-8H3;1H/q+1;/p-1. The van der Waals surface area contributed by atoms with Crippen molar-refractivity contribution in [3.8, 4) is 11.4 Å². The van der Waals surface area contributed by atoms with Crippen LogP contribution in [0.1, 0.15) is 153 Å². The van der Waals surface area contributed by atoms with E-state index in [1.54, 1.807) is 0 Å². The van der Waals surface area contributed by atoms with E-state index in [0.717, 1.165) is 0 Å². The molecule has 0 aliphatic rings. The van der Waals surface area contributed by atoms with Crippen molar-refractivity contribution in [3.05, 3.63) is 77.4 Å². The minimum atomic E-state index is 0. The highest BCUT2D eigenvalue weighted by Gasteiger charge is 2.27. The van der Waals surface area contributed by atoms with E-state index in [1.165, 1.54) is 85.0 Å². The van der Waals surface area contributed by atoms with E-state index < -0.39 is 0 Å². The zero-order valence-electron chi connectivity index (χ0n) is 25.4. The molecule has 0 bridgehead atoms. The SMILES string of the molecule is CCC(CC)c1cccc(C(CC)CC)c1-n1cc[n+](-c2c(C(CC)CC)cccc2C(CC)CC)c1.[Cl-]. The average molecular weight is 537 g/mol. The van der Waals surface area contributed by atoms with Crippen LogP contribution in [0, 0.1) is 0 Å². The van der Waals surface area contributed by atoms with Gasteiger partial charge in [-0.25, -0.2) is 9.13 Å². The monoisotopic (exact) mass is 536 g/mol. The van der Waals surface area contributed by atoms with Gasteiger partial charge in [-0.15, -0.1) is 0 Å². The van der Waals surface area contributed by atoms with Crippen molar-refractivity contribution >= 4 is 0 Å². The van der Waals surface area contributed by atoms with E-state index in [4.69, 9.17) is 0 Å². The molecule has 3 rings (SSSR count). The van der Waals surface area contributed by atoms with Gasteiger partial charge >= 0.3 is 0 Å². The first-order valence-corrected chi connectivity index (χ1v) is 15.4. The van der Waals surface area contributed by atoms with E-state index in [-0.39, 0.29) is 12.4 Å². The molecule has 0 spiro atoms. The van der Waals surface area contributed by atoms with Gasteiger partial charge in [0.1, 0.15) is 23.8 Å². The van der Waals surface area contributed by atoms with Crippen LogP contribution in [0.5, 0.6) is 0 Å². The highest BCUT2D eigenvalue weighted by molar-refractivity contribution is 5.52. The Hall–Kier alpha value is -2.06. The van der Waals surface area contributed by atoms with Crippen molar-refractivity contribution in [2.75, 3.05) is 0 Å². The molecule has 0 fully saturated rings. The second-order valence-corrected chi connectivity index (χ2v) is 10.9. The molecular weight excluding hydrogens is 484 g/mol. The van der Waals surface area contributed by atoms with Gasteiger partial charge in [0.25, 0.3) is 6.33 Å². The molecule has 0 unspecified atom stereocenters. The maximum absolute atomic E-state index is 2.45. The second-order valence-electron chi connectivity index (χ2n) is 10.9. The Morgan fingerprint density at radius 3 is 1.26 bits per heavy atom. The van der Waals surface area contributed by atoms with E-state index >= 15 is 0 Å². The fourth-order valence-corrected chi connectivity index (χ4v) is 6.61. The third-order valence-corrected chi connectivity index (χ3v) is 9.05. The first-order chi connectivity index (χ1) is 18.0. The lowest BCUT2D eigenvalue weighted by molar-refractivity contribution is -0.596.